The Kier molecular flexibility index (Phi) is 3.91. The van der Waals surface area contributed by atoms with Crippen molar-refractivity contribution in [1.82, 2.24) is 0 Å². The molecule has 16 heavy (non-hydrogen) atoms. The van der Waals surface area contributed by atoms with E-state index in [4.69, 9.17) is 16.3 Å². The number of allylic oxidation sites excluding steroid dienone is 4. The average Bonchev–Trinajstić information content (AvgIpc) is 2.31. The predicted octanol–water partition coefficient (Wildman–Crippen LogP) is 3.98. The number of ether oxygens (including phenoxy) is 1. The Morgan fingerprint density at radius 1 is 1.38 bits per heavy atom. The predicted molar refractivity (Wildman–Crippen MR) is 64.3 cm³/mol. The summed E-state index contributed by atoms with van der Waals surface area (Å²) < 4.78 is 18.9. The van der Waals surface area contributed by atoms with Crippen LogP contribution >= 0.6 is 11.6 Å². The van der Waals surface area contributed by atoms with Gasteiger partial charge in [0, 0.05) is 11.8 Å². The molecule has 1 aliphatic carbocycles. The van der Waals surface area contributed by atoms with Crippen molar-refractivity contribution >= 4 is 11.6 Å². The topological polar surface area (TPSA) is 9.23 Å². The van der Waals surface area contributed by atoms with Gasteiger partial charge in [-0.15, -0.1) is 11.6 Å². The molecule has 0 saturated carbocycles. The van der Waals surface area contributed by atoms with Gasteiger partial charge < -0.3 is 4.74 Å². The highest BCUT2D eigenvalue weighted by Gasteiger charge is 2.23. The Hall–Kier alpha value is -0.500. The SMILES string of the molecule is CC1CCC(Cl)CCOC2=C1C=CC(F)C2. The molecule has 3 atom stereocenters. The van der Waals surface area contributed by atoms with Gasteiger partial charge in [-0.2, -0.15) is 0 Å². The minimum absolute atomic E-state index is 0.189. The zero-order valence-corrected chi connectivity index (χ0v) is 10.3. The number of halogens is 2. The maximum Gasteiger partial charge on any atom is 0.126 e. The van der Waals surface area contributed by atoms with Crippen molar-refractivity contribution in [1.29, 1.82) is 0 Å². The number of rotatable bonds is 0. The van der Waals surface area contributed by atoms with E-state index in [1.165, 1.54) is 5.57 Å². The summed E-state index contributed by atoms with van der Waals surface area (Å²) in [5.41, 5.74) is 1.17. The van der Waals surface area contributed by atoms with Crippen LogP contribution in [0.1, 0.15) is 32.6 Å². The van der Waals surface area contributed by atoms with Crippen LogP contribution in [-0.2, 0) is 4.74 Å². The first kappa shape index (κ1) is 12.0. The normalized spacial score (nSPS) is 35.8. The first-order valence-corrected chi connectivity index (χ1v) is 6.42. The van der Waals surface area contributed by atoms with E-state index in [9.17, 15) is 4.39 Å². The second-order valence-electron chi connectivity index (χ2n) is 4.67. The van der Waals surface area contributed by atoms with E-state index in [-0.39, 0.29) is 5.38 Å². The van der Waals surface area contributed by atoms with Crippen LogP contribution in [-0.4, -0.2) is 18.2 Å². The molecule has 1 nitrogen and oxygen atoms in total. The fourth-order valence-electron chi connectivity index (χ4n) is 2.29. The fraction of sp³-hybridized carbons (Fsp3) is 0.692. The lowest BCUT2D eigenvalue weighted by Gasteiger charge is -2.21. The molecule has 1 heterocycles. The molecule has 0 aromatic rings. The standard InChI is InChI=1S/C13H18ClFO/c1-9-2-3-10(14)6-7-16-13-8-11(15)4-5-12(9)13/h4-5,9-11H,2-3,6-8H2,1H3. The Morgan fingerprint density at radius 2 is 2.19 bits per heavy atom. The minimum Gasteiger partial charge on any atom is -0.497 e. The summed E-state index contributed by atoms with van der Waals surface area (Å²) in [5.74, 6) is 1.26. The smallest absolute Gasteiger partial charge is 0.126 e. The molecule has 3 unspecified atom stereocenters. The van der Waals surface area contributed by atoms with Gasteiger partial charge in [0.05, 0.1) is 6.61 Å². The van der Waals surface area contributed by atoms with Gasteiger partial charge in [0.2, 0.25) is 0 Å². The summed E-state index contributed by atoms with van der Waals surface area (Å²) in [6.45, 7) is 2.77. The lowest BCUT2D eigenvalue weighted by atomic mass is 9.90. The van der Waals surface area contributed by atoms with Gasteiger partial charge in [-0.25, -0.2) is 4.39 Å². The van der Waals surface area contributed by atoms with Crippen LogP contribution in [0, 0.1) is 5.92 Å². The maximum absolute atomic E-state index is 13.3. The van der Waals surface area contributed by atoms with Crippen molar-refractivity contribution < 1.29 is 9.13 Å². The van der Waals surface area contributed by atoms with Crippen molar-refractivity contribution in [2.24, 2.45) is 5.92 Å². The minimum atomic E-state index is -0.890. The lowest BCUT2D eigenvalue weighted by Crippen LogP contribution is -2.12. The summed E-state index contributed by atoms with van der Waals surface area (Å²) in [6, 6.07) is 0. The second kappa shape index (κ2) is 5.22. The third kappa shape index (κ3) is 2.79. The summed E-state index contributed by atoms with van der Waals surface area (Å²) in [5, 5.41) is 0.189. The summed E-state index contributed by atoms with van der Waals surface area (Å²) in [6.07, 6.45) is 5.94. The molecule has 0 spiro atoms. The maximum atomic E-state index is 13.3. The van der Waals surface area contributed by atoms with E-state index < -0.39 is 6.17 Å². The molecule has 2 rings (SSSR count). The van der Waals surface area contributed by atoms with Gasteiger partial charge in [-0.05, 0) is 36.8 Å². The van der Waals surface area contributed by atoms with Crippen molar-refractivity contribution in [2.45, 2.75) is 44.2 Å². The Bertz CT molecular complexity index is 311. The number of alkyl halides is 2. The Morgan fingerprint density at radius 3 is 3.00 bits per heavy atom. The van der Waals surface area contributed by atoms with Crippen LogP contribution in [0.15, 0.2) is 23.5 Å². The van der Waals surface area contributed by atoms with E-state index >= 15 is 0 Å². The third-order valence-electron chi connectivity index (χ3n) is 3.34. The van der Waals surface area contributed by atoms with Crippen LogP contribution in [0.2, 0.25) is 0 Å². The molecule has 0 aromatic carbocycles. The molecule has 0 saturated heterocycles. The van der Waals surface area contributed by atoms with Crippen LogP contribution in [0.25, 0.3) is 0 Å². The molecule has 0 aromatic heterocycles. The zero-order valence-electron chi connectivity index (χ0n) is 9.59. The van der Waals surface area contributed by atoms with Gasteiger partial charge in [0.15, 0.2) is 0 Å². The van der Waals surface area contributed by atoms with E-state index in [1.807, 2.05) is 6.08 Å². The molecule has 0 radical (unpaired) electrons. The monoisotopic (exact) mass is 244 g/mol. The molecule has 0 N–H and O–H groups in total. The van der Waals surface area contributed by atoms with Crippen LogP contribution in [0.3, 0.4) is 0 Å². The first-order chi connectivity index (χ1) is 7.66. The second-order valence-corrected chi connectivity index (χ2v) is 5.29. The van der Waals surface area contributed by atoms with E-state index in [1.54, 1.807) is 6.08 Å². The Labute approximate surface area is 101 Å². The molecule has 1 aliphatic heterocycles. The van der Waals surface area contributed by atoms with Crippen LogP contribution in [0.5, 0.6) is 0 Å². The van der Waals surface area contributed by atoms with Crippen LogP contribution < -0.4 is 0 Å². The molecule has 2 aliphatic rings. The van der Waals surface area contributed by atoms with Crippen LogP contribution in [0.4, 0.5) is 4.39 Å². The third-order valence-corrected chi connectivity index (χ3v) is 3.77. The largest absolute Gasteiger partial charge is 0.497 e. The van der Waals surface area contributed by atoms with Crippen molar-refractivity contribution in [2.75, 3.05) is 6.61 Å². The molecule has 0 amide bonds. The first-order valence-electron chi connectivity index (χ1n) is 5.99. The van der Waals surface area contributed by atoms with E-state index in [2.05, 4.69) is 6.92 Å². The molecule has 0 fully saturated rings. The summed E-state index contributed by atoms with van der Waals surface area (Å²) in [7, 11) is 0. The van der Waals surface area contributed by atoms with E-state index in [0.717, 1.165) is 25.0 Å². The lowest BCUT2D eigenvalue weighted by molar-refractivity contribution is 0.179. The number of hydrogen-bond acceptors (Lipinski definition) is 1. The highest BCUT2D eigenvalue weighted by Crippen LogP contribution is 2.32. The molecule has 3 heteroatoms. The van der Waals surface area contributed by atoms with Crippen molar-refractivity contribution in [3.8, 4) is 0 Å². The fourth-order valence-corrected chi connectivity index (χ4v) is 2.50. The van der Waals surface area contributed by atoms with Gasteiger partial charge >= 0.3 is 0 Å². The van der Waals surface area contributed by atoms with Crippen molar-refractivity contribution in [3.05, 3.63) is 23.5 Å². The summed E-state index contributed by atoms with van der Waals surface area (Å²) in [4.78, 5) is 0. The molecular formula is C13H18ClFO. The van der Waals surface area contributed by atoms with Gasteiger partial charge in [-0.1, -0.05) is 13.0 Å². The van der Waals surface area contributed by atoms with Crippen molar-refractivity contribution in [3.63, 3.8) is 0 Å². The highest BCUT2D eigenvalue weighted by atomic mass is 35.5. The molecule has 0 bridgehead atoms. The molecule has 90 valence electrons. The van der Waals surface area contributed by atoms with Gasteiger partial charge in [0.25, 0.3) is 0 Å². The average molecular weight is 245 g/mol. The zero-order chi connectivity index (χ0) is 11.5. The Balaban J connectivity index is 2.16. The number of hydrogen-bond donors (Lipinski definition) is 0. The quantitative estimate of drug-likeness (QED) is 0.586. The van der Waals surface area contributed by atoms with Gasteiger partial charge in [-0.3, -0.25) is 0 Å². The van der Waals surface area contributed by atoms with Gasteiger partial charge in [0.1, 0.15) is 11.9 Å². The summed E-state index contributed by atoms with van der Waals surface area (Å²) >= 11 is 6.17. The molecular weight excluding hydrogens is 227 g/mol. The van der Waals surface area contributed by atoms with E-state index in [0.29, 0.717) is 18.9 Å². The highest BCUT2D eigenvalue weighted by molar-refractivity contribution is 6.20.